The Kier molecular flexibility index (Phi) is 20.2. The van der Waals surface area contributed by atoms with Gasteiger partial charge in [0.1, 0.15) is 11.4 Å². The third-order valence-corrected chi connectivity index (χ3v) is 14.0. The van der Waals surface area contributed by atoms with Crippen LogP contribution in [0.15, 0.2) is 71.8 Å². The van der Waals surface area contributed by atoms with Crippen molar-refractivity contribution in [3.05, 3.63) is 99.6 Å². The number of methoxy groups -OCH3 is 2. The molecule has 2 amide bonds. The molecule has 0 radical (unpaired) electrons. The number of hydrogen-bond donors (Lipinski definition) is 1. The molecule has 1 fully saturated rings. The summed E-state index contributed by atoms with van der Waals surface area (Å²) in [5, 5.41) is 4.66. The largest absolute Gasteiger partial charge is 0.501 e. The molecular formula is C53H59ClN6O19S. The van der Waals surface area contributed by atoms with Crippen LogP contribution in [-0.2, 0) is 57.9 Å². The molecule has 1 aromatic heterocycles. The zero-order valence-corrected chi connectivity index (χ0v) is 46.2. The van der Waals surface area contributed by atoms with E-state index in [2.05, 4.69) is 15.0 Å². The highest BCUT2D eigenvalue weighted by atomic mass is 35.5. The summed E-state index contributed by atoms with van der Waals surface area (Å²) in [7, 11) is -1.32. The standard InChI is InChI=1S/C53H59ClN6O19S/c1-29-47(74-31(3)62)49(75-32(4)63)53(77-48(29)52(66)70-7)76-43-13-9-34(50(64)59(5)15-17-72-19-21-73-20-18-71-16-14-56-58-55)24-45(43)79-80(67,68)78-44-26-42-46(39-25-37(69-6)10-11-38(39)44)36(27-54)28-60(42)51(65)41-23-35-22-33(30(2)61)8-12-40(35)57-41/h8-13,22-26,29,36,47-49,53,57H,14-21,27-28H2,1-7H3/t29-,36+,47-,48-,49+,53+/m0/s1. The van der Waals surface area contributed by atoms with E-state index in [1.54, 1.807) is 42.5 Å². The number of fused-ring (bicyclic) bond motifs is 4. The third kappa shape index (κ3) is 14.4. The summed E-state index contributed by atoms with van der Waals surface area (Å²) in [6.45, 7) is 6.68. The molecule has 428 valence electrons. The van der Waals surface area contributed by atoms with Gasteiger partial charge in [-0.1, -0.05) is 12.0 Å². The number of azide groups is 1. The lowest BCUT2D eigenvalue weighted by molar-refractivity contribution is -0.266. The molecule has 2 aliphatic rings. The third-order valence-electron chi connectivity index (χ3n) is 12.9. The monoisotopic (exact) mass is 1150 g/mol. The van der Waals surface area contributed by atoms with Crippen LogP contribution in [0, 0.1) is 5.92 Å². The highest BCUT2D eigenvalue weighted by Gasteiger charge is 2.52. The van der Waals surface area contributed by atoms with Crippen LogP contribution in [0.3, 0.4) is 0 Å². The molecule has 5 aromatic rings. The number of ether oxygens (including phenoxy) is 9. The fraction of sp³-hybridized carbons (Fsp3) is 0.434. The fourth-order valence-corrected chi connectivity index (χ4v) is 10.1. The summed E-state index contributed by atoms with van der Waals surface area (Å²) in [6, 6.07) is 16.2. The minimum atomic E-state index is -5.33. The number of nitrogens with zero attached hydrogens (tertiary/aromatic N) is 5. The number of ketones is 1. The van der Waals surface area contributed by atoms with Crippen molar-refractivity contribution in [2.75, 3.05) is 91.3 Å². The molecule has 80 heavy (non-hydrogen) atoms. The van der Waals surface area contributed by atoms with Crippen LogP contribution >= 0.6 is 11.6 Å². The zero-order chi connectivity index (χ0) is 57.8. The highest BCUT2D eigenvalue weighted by Crippen LogP contribution is 2.48. The molecule has 6 atom stereocenters. The molecule has 0 saturated carbocycles. The number of nitrogens with one attached hydrogen (secondary N) is 1. The van der Waals surface area contributed by atoms with E-state index in [4.69, 9.17) is 68.1 Å². The Morgan fingerprint density at radius 2 is 1.49 bits per heavy atom. The lowest BCUT2D eigenvalue weighted by Gasteiger charge is -2.42. The lowest BCUT2D eigenvalue weighted by atomic mass is 9.90. The summed E-state index contributed by atoms with van der Waals surface area (Å²) in [5.41, 5.74) is 10.3. The number of carbonyl (C=O) groups excluding carboxylic acids is 6. The van der Waals surface area contributed by atoms with Crippen LogP contribution < -0.4 is 22.7 Å². The van der Waals surface area contributed by atoms with Gasteiger partial charge in [0, 0.05) is 96.6 Å². The molecule has 0 bridgehead atoms. The molecule has 1 N–H and O–H groups in total. The van der Waals surface area contributed by atoms with E-state index in [9.17, 15) is 37.2 Å². The minimum Gasteiger partial charge on any atom is -0.497 e. The average molecular weight is 1150 g/mol. The van der Waals surface area contributed by atoms with Gasteiger partial charge >= 0.3 is 28.3 Å². The van der Waals surface area contributed by atoms with Gasteiger partial charge in [-0.05, 0) is 84.1 Å². The molecule has 3 heterocycles. The van der Waals surface area contributed by atoms with Crippen molar-refractivity contribution in [1.82, 2.24) is 9.88 Å². The van der Waals surface area contributed by atoms with Gasteiger partial charge in [-0.3, -0.25) is 24.0 Å². The number of benzene rings is 4. The number of aromatic amines is 1. The van der Waals surface area contributed by atoms with Crippen molar-refractivity contribution in [1.29, 1.82) is 0 Å². The van der Waals surface area contributed by atoms with E-state index in [1.165, 1.54) is 49.9 Å². The topological polar surface area (TPSA) is 309 Å². The Labute approximate surface area is 464 Å². The molecule has 27 heteroatoms. The van der Waals surface area contributed by atoms with Crippen LogP contribution in [0.4, 0.5) is 5.69 Å². The van der Waals surface area contributed by atoms with Gasteiger partial charge in [-0.15, -0.1) is 20.0 Å². The van der Waals surface area contributed by atoms with Gasteiger partial charge in [0.25, 0.3) is 11.8 Å². The van der Waals surface area contributed by atoms with Crippen molar-refractivity contribution in [3.63, 3.8) is 0 Å². The molecule has 0 spiro atoms. The van der Waals surface area contributed by atoms with E-state index in [-0.39, 0.29) is 99.0 Å². The van der Waals surface area contributed by atoms with E-state index >= 15 is 0 Å². The number of anilines is 1. The Hall–Kier alpha value is -7.71. The van der Waals surface area contributed by atoms with E-state index < -0.39 is 88.1 Å². The van der Waals surface area contributed by atoms with Crippen molar-refractivity contribution < 1.29 is 88.2 Å². The van der Waals surface area contributed by atoms with Crippen LogP contribution in [0.25, 0.3) is 32.1 Å². The maximum atomic E-state index is 14.6. The first-order valence-electron chi connectivity index (χ1n) is 25.0. The van der Waals surface area contributed by atoms with Gasteiger partial charge in [0.05, 0.1) is 59.5 Å². The number of rotatable bonds is 26. The van der Waals surface area contributed by atoms with Crippen molar-refractivity contribution in [2.45, 2.75) is 58.2 Å². The number of likely N-dealkylation sites (N-methyl/N-ethyl adjacent to an activating group) is 1. The molecule has 7 rings (SSSR count). The Morgan fingerprint density at radius 3 is 2.15 bits per heavy atom. The van der Waals surface area contributed by atoms with Crippen LogP contribution in [-0.4, -0.2) is 165 Å². The summed E-state index contributed by atoms with van der Waals surface area (Å²) in [6.07, 6.45) is -6.25. The second kappa shape index (κ2) is 27.0. The number of hydrogen-bond acceptors (Lipinski definition) is 20. The van der Waals surface area contributed by atoms with Crippen molar-refractivity contribution in [3.8, 4) is 23.0 Å². The molecule has 2 aliphatic heterocycles. The second-order valence-corrected chi connectivity index (χ2v) is 19.8. The maximum Gasteiger partial charge on any atom is 0.501 e. The van der Waals surface area contributed by atoms with E-state index in [1.807, 2.05) is 0 Å². The Balaban J connectivity index is 1.22. The molecule has 0 unspecified atom stereocenters. The number of amides is 2. The number of halogens is 1. The van der Waals surface area contributed by atoms with Gasteiger partial charge < -0.3 is 65.8 Å². The predicted octanol–water partition coefficient (Wildman–Crippen LogP) is 6.43. The summed E-state index contributed by atoms with van der Waals surface area (Å²) < 4.78 is 90.9. The van der Waals surface area contributed by atoms with E-state index in [0.29, 0.717) is 33.2 Å². The summed E-state index contributed by atoms with van der Waals surface area (Å²) >= 11 is 6.59. The van der Waals surface area contributed by atoms with Crippen molar-refractivity contribution >= 4 is 84.9 Å². The number of aromatic nitrogens is 1. The first-order chi connectivity index (χ1) is 38.3. The molecular weight excluding hydrogens is 1090 g/mol. The Bertz CT molecular complexity index is 3300. The maximum absolute atomic E-state index is 14.6. The number of Topliss-reactive ketones (excluding diaryl/α,β-unsaturated/α-hetero) is 1. The van der Waals surface area contributed by atoms with Crippen molar-refractivity contribution in [2.24, 2.45) is 11.0 Å². The molecule has 4 aromatic carbocycles. The van der Waals surface area contributed by atoms with Crippen LogP contribution in [0.5, 0.6) is 23.0 Å². The summed E-state index contributed by atoms with van der Waals surface area (Å²) in [5.74, 6) is -6.33. The van der Waals surface area contributed by atoms with Crippen LogP contribution in [0.1, 0.15) is 70.4 Å². The second-order valence-electron chi connectivity index (χ2n) is 18.4. The molecule has 25 nitrogen and oxygen atoms in total. The normalized spacial score (nSPS) is 18.6. The first kappa shape index (κ1) is 59.9. The quantitative estimate of drug-likeness (QED) is 0.00911. The summed E-state index contributed by atoms with van der Waals surface area (Å²) in [4.78, 5) is 87.3. The fourth-order valence-electron chi connectivity index (χ4n) is 9.08. The first-order valence-corrected chi connectivity index (χ1v) is 26.8. The SMILES string of the molecule is COC(=O)[C@H]1O[C@@H](Oc2ccc(C(=O)N(C)CCOCCOCCOCCN=[N+]=[N-])cc2OS(=O)(=O)Oc2cc3c(c4cc(OC)ccc24)[C@H](CCl)CN3C(=O)c2cc3cc(C(C)=O)ccc3[nH]2)[C@H](OC(C)=O)[C@@H](OC(C)=O)[C@@H]1C. The Morgan fingerprint density at radius 1 is 0.812 bits per heavy atom. The van der Waals surface area contributed by atoms with Gasteiger partial charge in [0.2, 0.25) is 12.4 Å². The molecule has 1 saturated heterocycles. The average Bonchev–Trinajstić information content (AvgIpc) is 4.04. The van der Waals surface area contributed by atoms with Gasteiger partial charge in [-0.25, -0.2) is 4.79 Å². The van der Waals surface area contributed by atoms with E-state index in [0.717, 1.165) is 33.1 Å². The number of esters is 3. The highest BCUT2D eigenvalue weighted by molar-refractivity contribution is 7.82. The number of alkyl halides is 1. The lowest BCUT2D eigenvalue weighted by Crippen LogP contribution is -2.60. The minimum absolute atomic E-state index is 0.0540. The van der Waals surface area contributed by atoms with Gasteiger partial charge in [0.15, 0.2) is 35.2 Å². The number of carbonyl (C=O) groups is 6. The number of H-pyrrole nitrogens is 1. The predicted molar refractivity (Wildman–Crippen MR) is 286 cm³/mol. The zero-order valence-electron chi connectivity index (χ0n) is 44.7. The molecule has 0 aliphatic carbocycles. The van der Waals surface area contributed by atoms with Crippen LogP contribution in [0.2, 0.25) is 0 Å². The van der Waals surface area contributed by atoms with Gasteiger partial charge in [-0.2, -0.15) is 0 Å². The smallest absolute Gasteiger partial charge is 0.497 e.